The lowest BCUT2D eigenvalue weighted by molar-refractivity contribution is 0.419. The molecule has 2 aromatic heterocycles. The molecular weight excluding hydrogens is 256 g/mol. The van der Waals surface area contributed by atoms with Crippen LogP contribution in [0.3, 0.4) is 0 Å². The highest BCUT2D eigenvalue weighted by Crippen LogP contribution is 2.28. The summed E-state index contributed by atoms with van der Waals surface area (Å²) in [5, 5.41) is 0.781. The molecule has 0 saturated carbocycles. The maximum atomic E-state index is 5.29. The standard InChI is InChI=1S/C15H10N2OS/c1-18-12-5-2-6-13-15(12)17-14(19-13)8-7-11-4-3-9-16-10-11/h2-6,9-10H,1H3. The van der Waals surface area contributed by atoms with Crippen LogP contribution < -0.4 is 4.74 Å². The first-order chi connectivity index (χ1) is 9.36. The number of hydrogen-bond donors (Lipinski definition) is 0. The SMILES string of the molecule is COc1cccc2sc(C#Cc3cccnc3)nc12. The molecule has 1 aromatic carbocycles. The van der Waals surface area contributed by atoms with Gasteiger partial charge < -0.3 is 4.74 Å². The summed E-state index contributed by atoms with van der Waals surface area (Å²) in [6, 6.07) is 9.67. The molecule has 0 aliphatic heterocycles. The molecule has 4 heteroatoms. The van der Waals surface area contributed by atoms with E-state index in [1.54, 1.807) is 30.8 Å². The van der Waals surface area contributed by atoms with Crippen molar-refractivity contribution >= 4 is 21.6 Å². The van der Waals surface area contributed by atoms with Crippen molar-refractivity contribution in [3.63, 3.8) is 0 Å². The van der Waals surface area contributed by atoms with Crippen LogP contribution in [-0.2, 0) is 0 Å². The number of aromatic nitrogens is 2. The Hall–Kier alpha value is -2.38. The summed E-state index contributed by atoms with van der Waals surface area (Å²) in [5.41, 5.74) is 1.75. The van der Waals surface area contributed by atoms with Gasteiger partial charge in [0.15, 0.2) is 5.01 Å². The highest BCUT2D eigenvalue weighted by molar-refractivity contribution is 7.19. The van der Waals surface area contributed by atoms with Crippen molar-refractivity contribution < 1.29 is 4.74 Å². The fourth-order valence-electron chi connectivity index (χ4n) is 1.70. The molecule has 0 N–H and O–H groups in total. The molecule has 0 atom stereocenters. The van der Waals surface area contributed by atoms with Crippen LogP contribution in [0.25, 0.3) is 10.2 Å². The van der Waals surface area contributed by atoms with Gasteiger partial charge in [0.2, 0.25) is 0 Å². The number of nitrogens with zero attached hydrogens (tertiary/aromatic N) is 2. The van der Waals surface area contributed by atoms with Crippen LogP contribution in [0.4, 0.5) is 0 Å². The Labute approximate surface area is 114 Å². The Balaban J connectivity index is 2.01. The minimum Gasteiger partial charge on any atom is -0.494 e. The average molecular weight is 266 g/mol. The summed E-state index contributed by atoms with van der Waals surface area (Å²) < 4.78 is 6.37. The van der Waals surface area contributed by atoms with E-state index in [0.717, 1.165) is 26.5 Å². The van der Waals surface area contributed by atoms with E-state index in [-0.39, 0.29) is 0 Å². The Bertz CT molecular complexity index is 769. The van der Waals surface area contributed by atoms with Gasteiger partial charge in [-0.25, -0.2) is 4.98 Å². The molecule has 0 bridgehead atoms. The number of para-hydroxylation sites is 1. The second-order valence-electron chi connectivity index (χ2n) is 3.82. The normalized spacial score (nSPS) is 9.95. The van der Waals surface area contributed by atoms with Crippen LogP contribution in [-0.4, -0.2) is 17.1 Å². The molecule has 0 radical (unpaired) electrons. The van der Waals surface area contributed by atoms with Gasteiger partial charge in [-0.3, -0.25) is 4.98 Å². The molecule has 0 amide bonds. The summed E-state index contributed by atoms with van der Waals surface area (Å²) in [6.45, 7) is 0. The van der Waals surface area contributed by atoms with Gasteiger partial charge in [0.25, 0.3) is 0 Å². The van der Waals surface area contributed by atoms with E-state index in [1.165, 1.54) is 0 Å². The summed E-state index contributed by atoms with van der Waals surface area (Å²) >= 11 is 1.56. The number of fused-ring (bicyclic) bond motifs is 1. The molecule has 3 nitrogen and oxygen atoms in total. The van der Waals surface area contributed by atoms with E-state index in [1.807, 2.05) is 30.3 Å². The van der Waals surface area contributed by atoms with Gasteiger partial charge >= 0.3 is 0 Å². The van der Waals surface area contributed by atoms with Crippen molar-refractivity contribution in [3.8, 4) is 17.6 Å². The maximum Gasteiger partial charge on any atom is 0.168 e. The summed E-state index contributed by atoms with van der Waals surface area (Å²) in [4.78, 5) is 8.53. The van der Waals surface area contributed by atoms with E-state index in [9.17, 15) is 0 Å². The van der Waals surface area contributed by atoms with Crippen LogP contribution in [0.1, 0.15) is 10.6 Å². The summed E-state index contributed by atoms with van der Waals surface area (Å²) in [5.74, 6) is 6.90. The van der Waals surface area contributed by atoms with E-state index >= 15 is 0 Å². The summed E-state index contributed by atoms with van der Waals surface area (Å²) in [7, 11) is 1.65. The number of hydrogen-bond acceptors (Lipinski definition) is 4. The van der Waals surface area contributed by atoms with E-state index in [4.69, 9.17) is 4.74 Å². The number of methoxy groups -OCH3 is 1. The quantitative estimate of drug-likeness (QED) is 0.635. The lowest BCUT2D eigenvalue weighted by Gasteiger charge is -1.97. The molecule has 0 unspecified atom stereocenters. The highest BCUT2D eigenvalue weighted by atomic mass is 32.1. The third-order valence-electron chi connectivity index (χ3n) is 2.58. The second kappa shape index (κ2) is 5.09. The van der Waals surface area contributed by atoms with Gasteiger partial charge in [0.1, 0.15) is 11.3 Å². The average Bonchev–Trinajstić information content (AvgIpc) is 2.89. The van der Waals surface area contributed by atoms with Gasteiger partial charge in [-0.1, -0.05) is 12.0 Å². The van der Waals surface area contributed by atoms with E-state index < -0.39 is 0 Å². The number of pyridine rings is 1. The van der Waals surface area contributed by atoms with E-state index in [0.29, 0.717) is 0 Å². The number of rotatable bonds is 1. The predicted molar refractivity (Wildman–Crippen MR) is 76.4 cm³/mol. The molecule has 0 fully saturated rings. The van der Waals surface area contributed by atoms with Gasteiger partial charge in [-0.2, -0.15) is 0 Å². The van der Waals surface area contributed by atoms with Crippen LogP contribution >= 0.6 is 11.3 Å². The molecule has 0 aliphatic carbocycles. The number of benzene rings is 1. The van der Waals surface area contributed by atoms with Crippen molar-refractivity contribution in [2.45, 2.75) is 0 Å². The zero-order chi connectivity index (χ0) is 13.1. The smallest absolute Gasteiger partial charge is 0.168 e. The van der Waals surface area contributed by atoms with Crippen molar-refractivity contribution in [1.29, 1.82) is 0 Å². The Morgan fingerprint density at radius 1 is 1.16 bits per heavy atom. The number of ether oxygens (including phenoxy) is 1. The van der Waals surface area contributed by atoms with Crippen molar-refractivity contribution in [2.75, 3.05) is 7.11 Å². The van der Waals surface area contributed by atoms with Gasteiger partial charge in [-0.15, -0.1) is 11.3 Å². The molecular formula is C15H10N2OS. The first-order valence-electron chi connectivity index (χ1n) is 5.72. The Morgan fingerprint density at radius 3 is 2.89 bits per heavy atom. The molecule has 3 aromatic rings. The van der Waals surface area contributed by atoms with Gasteiger partial charge in [0.05, 0.1) is 11.8 Å². The molecule has 3 rings (SSSR count). The monoisotopic (exact) mass is 266 g/mol. The number of thiazole rings is 1. The molecule has 19 heavy (non-hydrogen) atoms. The molecule has 2 heterocycles. The topological polar surface area (TPSA) is 35.0 Å². The third-order valence-corrected chi connectivity index (χ3v) is 3.51. The second-order valence-corrected chi connectivity index (χ2v) is 4.85. The largest absolute Gasteiger partial charge is 0.494 e. The minimum absolute atomic E-state index is 0.781. The van der Waals surface area contributed by atoms with Gasteiger partial charge in [0, 0.05) is 18.0 Å². The maximum absolute atomic E-state index is 5.29. The Morgan fingerprint density at radius 2 is 2.11 bits per heavy atom. The Kier molecular flexibility index (Phi) is 3.13. The third kappa shape index (κ3) is 2.42. The zero-order valence-electron chi connectivity index (χ0n) is 10.3. The van der Waals surface area contributed by atoms with Crippen molar-refractivity contribution in [1.82, 2.24) is 9.97 Å². The van der Waals surface area contributed by atoms with Crippen molar-refractivity contribution in [2.24, 2.45) is 0 Å². The first kappa shape index (κ1) is 11.7. The molecule has 92 valence electrons. The predicted octanol–water partition coefficient (Wildman–Crippen LogP) is 3.10. The van der Waals surface area contributed by atoms with Crippen LogP contribution in [0.5, 0.6) is 5.75 Å². The lowest BCUT2D eigenvalue weighted by atomic mass is 10.3. The van der Waals surface area contributed by atoms with Gasteiger partial charge in [-0.05, 0) is 30.2 Å². The first-order valence-corrected chi connectivity index (χ1v) is 6.54. The lowest BCUT2D eigenvalue weighted by Crippen LogP contribution is -1.83. The van der Waals surface area contributed by atoms with Crippen LogP contribution in [0, 0.1) is 11.8 Å². The fourth-order valence-corrected chi connectivity index (χ4v) is 2.54. The summed E-state index contributed by atoms with van der Waals surface area (Å²) in [6.07, 6.45) is 3.47. The fraction of sp³-hybridized carbons (Fsp3) is 0.0667. The van der Waals surface area contributed by atoms with Crippen LogP contribution in [0.15, 0.2) is 42.7 Å². The highest BCUT2D eigenvalue weighted by Gasteiger charge is 2.06. The van der Waals surface area contributed by atoms with Crippen LogP contribution in [0.2, 0.25) is 0 Å². The minimum atomic E-state index is 0.781. The zero-order valence-corrected chi connectivity index (χ0v) is 11.1. The molecule has 0 saturated heterocycles. The van der Waals surface area contributed by atoms with Crippen molar-refractivity contribution in [3.05, 3.63) is 53.3 Å². The molecule has 0 spiro atoms. The van der Waals surface area contributed by atoms with E-state index in [2.05, 4.69) is 21.8 Å². The molecule has 0 aliphatic rings.